The number of halogens is 1. The van der Waals surface area contributed by atoms with E-state index in [1.165, 1.54) is 12.1 Å². The lowest BCUT2D eigenvalue weighted by Gasteiger charge is -2.15. The van der Waals surface area contributed by atoms with Crippen LogP contribution in [0.15, 0.2) is 28.7 Å². The van der Waals surface area contributed by atoms with Gasteiger partial charge in [0.2, 0.25) is 0 Å². The van der Waals surface area contributed by atoms with E-state index in [0.717, 1.165) is 0 Å². The van der Waals surface area contributed by atoms with Crippen LogP contribution >= 0.6 is 0 Å². The summed E-state index contributed by atoms with van der Waals surface area (Å²) in [6, 6.07) is 5.94. The van der Waals surface area contributed by atoms with Crippen LogP contribution < -0.4 is 0 Å². The fraction of sp³-hybridized carbons (Fsp3) is 0.385. The molecule has 0 aliphatic rings. The number of furan rings is 1. The first-order valence-electron chi connectivity index (χ1n) is 5.48. The molecule has 17 heavy (non-hydrogen) atoms. The van der Waals surface area contributed by atoms with Crippen molar-refractivity contribution >= 4 is 11.0 Å². The third-order valence-corrected chi connectivity index (χ3v) is 2.76. The Morgan fingerprint density at radius 3 is 2.88 bits per heavy atom. The highest BCUT2D eigenvalue weighted by Crippen LogP contribution is 2.28. The van der Waals surface area contributed by atoms with Gasteiger partial charge in [-0.05, 0) is 24.3 Å². The van der Waals surface area contributed by atoms with E-state index in [4.69, 9.17) is 9.15 Å². The summed E-state index contributed by atoms with van der Waals surface area (Å²) in [6.07, 6.45) is -0.745. The maximum atomic E-state index is 13.0. The molecule has 0 saturated carbocycles. The Bertz CT molecular complexity index is 506. The minimum absolute atomic E-state index is 0.0783. The number of aliphatic hydroxyl groups excluding tert-OH is 1. The number of rotatable bonds is 4. The van der Waals surface area contributed by atoms with E-state index in [1.54, 1.807) is 19.2 Å². The van der Waals surface area contributed by atoms with Gasteiger partial charge in [0, 0.05) is 18.4 Å². The Hall–Kier alpha value is -1.39. The molecule has 2 unspecified atom stereocenters. The second-order valence-electron chi connectivity index (χ2n) is 4.21. The standard InChI is InChI=1S/C13H15FO3/c1-8(7-16-2)13(15)12-6-9-5-10(14)3-4-11(9)17-12/h3-6,8,13,15H,7H2,1-2H3. The van der Waals surface area contributed by atoms with Crippen molar-refractivity contribution in [2.75, 3.05) is 13.7 Å². The van der Waals surface area contributed by atoms with Crippen LogP contribution in [-0.2, 0) is 4.74 Å². The second kappa shape index (κ2) is 4.85. The predicted octanol–water partition coefficient (Wildman–Crippen LogP) is 2.89. The Kier molecular flexibility index (Phi) is 3.45. The highest BCUT2D eigenvalue weighted by molar-refractivity contribution is 5.77. The fourth-order valence-electron chi connectivity index (χ4n) is 1.81. The molecule has 1 aromatic heterocycles. The van der Waals surface area contributed by atoms with E-state index >= 15 is 0 Å². The molecule has 2 atom stereocenters. The van der Waals surface area contributed by atoms with Crippen molar-refractivity contribution in [2.24, 2.45) is 5.92 Å². The summed E-state index contributed by atoms with van der Waals surface area (Å²) in [6.45, 7) is 2.30. The first kappa shape index (κ1) is 12.1. The van der Waals surface area contributed by atoms with Gasteiger partial charge in [0.15, 0.2) is 0 Å². The molecule has 1 N–H and O–H groups in total. The number of methoxy groups -OCH3 is 1. The van der Waals surface area contributed by atoms with E-state index in [1.807, 2.05) is 6.92 Å². The monoisotopic (exact) mass is 238 g/mol. The summed E-state index contributed by atoms with van der Waals surface area (Å²) in [5.41, 5.74) is 0.574. The summed E-state index contributed by atoms with van der Waals surface area (Å²) in [7, 11) is 1.58. The Morgan fingerprint density at radius 2 is 2.18 bits per heavy atom. The van der Waals surface area contributed by atoms with Gasteiger partial charge < -0.3 is 14.3 Å². The Labute approximate surface area is 98.8 Å². The maximum Gasteiger partial charge on any atom is 0.134 e. The molecule has 0 bridgehead atoms. The summed E-state index contributed by atoms with van der Waals surface area (Å²) in [5, 5.41) is 10.7. The summed E-state index contributed by atoms with van der Waals surface area (Å²) in [5.74, 6) is 0.0461. The van der Waals surface area contributed by atoms with Gasteiger partial charge in [-0.3, -0.25) is 0 Å². The Morgan fingerprint density at radius 1 is 1.41 bits per heavy atom. The SMILES string of the molecule is COCC(C)C(O)c1cc2cc(F)ccc2o1. The zero-order valence-electron chi connectivity index (χ0n) is 9.81. The fourth-order valence-corrected chi connectivity index (χ4v) is 1.81. The average Bonchev–Trinajstić information content (AvgIpc) is 2.71. The van der Waals surface area contributed by atoms with Gasteiger partial charge in [-0.1, -0.05) is 6.92 Å². The molecule has 4 heteroatoms. The van der Waals surface area contributed by atoms with Crippen molar-refractivity contribution in [3.05, 3.63) is 35.8 Å². The predicted molar refractivity (Wildman–Crippen MR) is 62.2 cm³/mol. The second-order valence-corrected chi connectivity index (χ2v) is 4.21. The highest BCUT2D eigenvalue weighted by Gasteiger charge is 2.20. The van der Waals surface area contributed by atoms with Gasteiger partial charge in [0.1, 0.15) is 23.3 Å². The number of ether oxygens (including phenoxy) is 1. The lowest BCUT2D eigenvalue weighted by molar-refractivity contribution is 0.0440. The maximum absolute atomic E-state index is 13.0. The summed E-state index contributed by atoms with van der Waals surface area (Å²) >= 11 is 0. The lowest BCUT2D eigenvalue weighted by atomic mass is 10.0. The molecular formula is C13H15FO3. The quantitative estimate of drug-likeness (QED) is 0.890. The topological polar surface area (TPSA) is 42.6 Å². The van der Waals surface area contributed by atoms with E-state index < -0.39 is 6.10 Å². The van der Waals surface area contributed by atoms with Crippen LogP contribution in [0.2, 0.25) is 0 Å². The molecule has 0 aliphatic heterocycles. The molecule has 0 fully saturated rings. The third kappa shape index (κ3) is 2.48. The molecule has 0 spiro atoms. The summed E-state index contributed by atoms with van der Waals surface area (Å²) in [4.78, 5) is 0. The zero-order chi connectivity index (χ0) is 12.4. The average molecular weight is 238 g/mol. The minimum Gasteiger partial charge on any atom is -0.458 e. The van der Waals surface area contributed by atoms with Crippen molar-refractivity contribution in [2.45, 2.75) is 13.0 Å². The van der Waals surface area contributed by atoms with Gasteiger partial charge >= 0.3 is 0 Å². The van der Waals surface area contributed by atoms with Crippen molar-refractivity contribution in [1.29, 1.82) is 0 Å². The van der Waals surface area contributed by atoms with Crippen LogP contribution in [0.3, 0.4) is 0 Å². The first-order chi connectivity index (χ1) is 8.11. The molecule has 1 heterocycles. The van der Waals surface area contributed by atoms with Crippen LogP contribution in [0.5, 0.6) is 0 Å². The van der Waals surface area contributed by atoms with Gasteiger partial charge in [-0.25, -0.2) is 4.39 Å². The number of hydrogen-bond donors (Lipinski definition) is 1. The lowest BCUT2D eigenvalue weighted by Crippen LogP contribution is -2.13. The van der Waals surface area contributed by atoms with Crippen LogP contribution in [-0.4, -0.2) is 18.8 Å². The van der Waals surface area contributed by atoms with E-state index in [-0.39, 0.29) is 11.7 Å². The molecule has 0 amide bonds. The van der Waals surface area contributed by atoms with E-state index in [0.29, 0.717) is 23.3 Å². The van der Waals surface area contributed by atoms with Crippen LogP contribution in [0.25, 0.3) is 11.0 Å². The van der Waals surface area contributed by atoms with Gasteiger partial charge in [0.05, 0.1) is 6.61 Å². The molecule has 3 nitrogen and oxygen atoms in total. The number of aliphatic hydroxyl groups is 1. The number of fused-ring (bicyclic) bond motifs is 1. The largest absolute Gasteiger partial charge is 0.458 e. The van der Waals surface area contributed by atoms with Crippen molar-refractivity contribution in [3.63, 3.8) is 0 Å². The number of hydrogen-bond acceptors (Lipinski definition) is 3. The van der Waals surface area contributed by atoms with E-state index in [2.05, 4.69) is 0 Å². The van der Waals surface area contributed by atoms with Gasteiger partial charge in [0.25, 0.3) is 0 Å². The number of benzene rings is 1. The van der Waals surface area contributed by atoms with Gasteiger partial charge in [-0.2, -0.15) is 0 Å². The minimum atomic E-state index is -0.745. The molecule has 92 valence electrons. The van der Waals surface area contributed by atoms with Gasteiger partial charge in [-0.15, -0.1) is 0 Å². The molecular weight excluding hydrogens is 223 g/mol. The summed E-state index contributed by atoms with van der Waals surface area (Å²) < 4.78 is 23.5. The van der Waals surface area contributed by atoms with Crippen molar-refractivity contribution < 1.29 is 18.7 Å². The zero-order valence-corrected chi connectivity index (χ0v) is 9.81. The smallest absolute Gasteiger partial charge is 0.134 e. The van der Waals surface area contributed by atoms with Crippen LogP contribution in [0.4, 0.5) is 4.39 Å². The van der Waals surface area contributed by atoms with Crippen molar-refractivity contribution in [1.82, 2.24) is 0 Å². The highest BCUT2D eigenvalue weighted by atomic mass is 19.1. The molecule has 0 aliphatic carbocycles. The van der Waals surface area contributed by atoms with Crippen LogP contribution in [0.1, 0.15) is 18.8 Å². The molecule has 1 aromatic carbocycles. The van der Waals surface area contributed by atoms with E-state index in [9.17, 15) is 9.50 Å². The van der Waals surface area contributed by atoms with Crippen LogP contribution in [0, 0.1) is 11.7 Å². The molecule has 0 saturated heterocycles. The Balaban J connectivity index is 2.29. The molecule has 0 radical (unpaired) electrons. The van der Waals surface area contributed by atoms with Crippen molar-refractivity contribution in [3.8, 4) is 0 Å². The molecule has 2 rings (SSSR count). The molecule has 2 aromatic rings. The normalized spacial score (nSPS) is 15.1. The first-order valence-corrected chi connectivity index (χ1v) is 5.48. The third-order valence-electron chi connectivity index (χ3n) is 2.76.